The molecular formula is C16H23N3. The van der Waals surface area contributed by atoms with E-state index in [0.29, 0.717) is 0 Å². The van der Waals surface area contributed by atoms with Crippen LogP contribution in [0.25, 0.3) is 10.9 Å². The Kier molecular flexibility index (Phi) is 4.74. The summed E-state index contributed by atoms with van der Waals surface area (Å²) in [5.41, 5.74) is 2.34. The highest BCUT2D eigenvalue weighted by Crippen LogP contribution is 2.21. The zero-order valence-electron chi connectivity index (χ0n) is 12.1. The minimum Gasteiger partial charge on any atom is -0.370 e. The lowest BCUT2D eigenvalue weighted by molar-refractivity contribution is 0.296. The Morgan fingerprint density at radius 1 is 1.11 bits per heavy atom. The summed E-state index contributed by atoms with van der Waals surface area (Å²) in [5, 5.41) is 4.60. The summed E-state index contributed by atoms with van der Waals surface area (Å²) < 4.78 is 0. The Morgan fingerprint density at radius 3 is 2.53 bits per heavy atom. The zero-order chi connectivity index (χ0) is 13.7. The quantitative estimate of drug-likeness (QED) is 0.858. The van der Waals surface area contributed by atoms with Gasteiger partial charge in [0, 0.05) is 24.0 Å². The standard InChI is InChI=1S/C16H23N3/c1-4-17-16-14(12-19(5-2)6-3)11-13-9-7-8-10-15(13)18-16/h7-11H,4-6,12H2,1-3H3,(H,17,18). The summed E-state index contributed by atoms with van der Waals surface area (Å²) in [4.78, 5) is 7.16. The number of nitrogens with one attached hydrogen (secondary N) is 1. The molecule has 0 fully saturated rings. The monoisotopic (exact) mass is 257 g/mol. The van der Waals surface area contributed by atoms with Crippen molar-refractivity contribution >= 4 is 16.7 Å². The molecule has 1 aromatic heterocycles. The third kappa shape index (κ3) is 3.24. The minimum absolute atomic E-state index is 0.899. The van der Waals surface area contributed by atoms with Gasteiger partial charge in [-0.1, -0.05) is 32.0 Å². The van der Waals surface area contributed by atoms with Crippen LogP contribution in [0.1, 0.15) is 26.3 Å². The number of para-hydroxylation sites is 1. The molecule has 0 saturated carbocycles. The number of aromatic nitrogens is 1. The molecule has 0 spiro atoms. The molecule has 0 aliphatic carbocycles. The molecule has 102 valence electrons. The predicted molar refractivity (Wildman–Crippen MR) is 82.5 cm³/mol. The van der Waals surface area contributed by atoms with Crippen molar-refractivity contribution in [1.29, 1.82) is 0 Å². The van der Waals surface area contributed by atoms with Crippen LogP contribution in [-0.2, 0) is 6.54 Å². The zero-order valence-corrected chi connectivity index (χ0v) is 12.1. The largest absolute Gasteiger partial charge is 0.370 e. The average molecular weight is 257 g/mol. The van der Waals surface area contributed by atoms with Gasteiger partial charge in [0.25, 0.3) is 0 Å². The van der Waals surface area contributed by atoms with Gasteiger partial charge in [-0.25, -0.2) is 4.98 Å². The molecule has 1 aromatic carbocycles. The van der Waals surface area contributed by atoms with Crippen LogP contribution in [0.15, 0.2) is 30.3 Å². The minimum atomic E-state index is 0.899. The van der Waals surface area contributed by atoms with Crippen molar-refractivity contribution in [1.82, 2.24) is 9.88 Å². The van der Waals surface area contributed by atoms with E-state index in [1.807, 2.05) is 6.07 Å². The predicted octanol–water partition coefficient (Wildman–Crippen LogP) is 3.51. The van der Waals surface area contributed by atoms with Crippen LogP contribution in [0.5, 0.6) is 0 Å². The van der Waals surface area contributed by atoms with Crippen LogP contribution in [0.3, 0.4) is 0 Å². The molecular weight excluding hydrogens is 234 g/mol. The van der Waals surface area contributed by atoms with Crippen molar-refractivity contribution in [2.75, 3.05) is 25.0 Å². The van der Waals surface area contributed by atoms with Crippen LogP contribution in [-0.4, -0.2) is 29.5 Å². The van der Waals surface area contributed by atoms with E-state index in [-0.39, 0.29) is 0 Å². The van der Waals surface area contributed by atoms with E-state index in [4.69, 9.17) is 4.98 Å². The third-order valence-electron chi connectivity index (χ3n) is 3.44. The fraction of sp³-hybridized carbons (Fsp3) is 0.438. The molecule has 0 amide bonds. The Balaban J connectivity index is 2.40. The fourth-order valence-electron chi connectivity index (χ4n) is 2.29. The molecule has 2 rings (SSSR count). The Morgan fingerprint density at radius 2 is 1.84 bits per heavy atom. The number of rotatable bonds is 6. The average Bonchev–Trinajstić information content (AvgIpc) is 2.45. The van der Waals surface area contributed by atoms with Crippen LogP contribution < -0.4 is 5.32 Å². The van der Waals surface area contributed by atoms with E-state index < -0.39 is 0 Å². The number of nitrogens with zero attached hydrogens (tertiary/aromatic N) is 2. The first-order valence-corrected chi connectivity index (χ1v) is 7.13. The summed E-state index contributed by atoms with van der Waals surface area (Å²) >= 11 is 0. The van der Waals surface area contributed by atoms with Gasteiger partial charge in [0.1, 0.15) is 5.82 Å². The van der Waals surface area contributed by atoms with Gasteiger partial charge in [-0.3, -0.25) is 4.90 Å². The number of fused-ring (bicyclic) bond motifs is 1. The maximum Gasteiger partial charge on any atom is 0.131 e. The first kappa shape index (κ1) is 13.8. The maximum atomic E-state index is 4.75. The molecule has 0 aliphatic heterocycles. The first-order chi connectivity index (χ1) is 9.28. The van der Waals surface area contributed by atoms with Crippen molar-refractivity contribution in [3.05, 3.63) is 35.9 Å². The van der Waals surface area contributed by atoms with E-state index in [2.05, 4.69) is 55.3 Å². The summed E-state index contributed by atoms with van der Waals surface area (Å²) in [6.07, 6.45) is 0. The van der Waals surface area contributed by atoms with E-state index in [1.54, 1.807) is 0 Å². The van der Waals surface area contributed by atoms with Crippen molar-refractivity contribution < 1.29 is 0 Å². The molecule has 1 heterocycles. The molecule has 19 heavy (non-hydrogen) atoms. The van der Waals surface area contributed by atoms with Gasteiger partial charge in [-0.2, -0.15) is 0 Å². The van der Waals surface area contributed by atoms with Gasteiger partial charge in [-0.15, -0.1) is 0 Å². The van der Waals surface area contributed by atoms with Crippen LogP contribution in [0, 0.1) is 0 Å². The molecule has 3 heteroatoms. The summed E-state index contributed by atoms with van der Waals surface area (Å²) in [6, 6.07) is 10.6. The second-order valence-electron chi connectivity index (χ2n) is 4.68. The van der Waals surface area contributed by atoms with Crippen LogP contribution in [0.4, 0.5) is 5.82 Å². The third-order valence-corrected chi connectivity index (χ3v) is 3.44. The number of anilines is 1. The van der Waals surface area contributed by atoms with E-state index >= 15 is 0 Å². The Bertz CT molecular complexity index is 533. The molecule has 0 unspecified atom stereocenters. The Hall–Kier alpha value is -1.61. The van der Waals surface area contributed by atoms with Gasteiger partial charge in [0.15, 0.2) is 0 Å². The summed E-state index contributed by atoms with van der Waals surface area (Å²) in [5.74, 6) is 1.02. The highest BCUT2D eigenvalue weighted by molar-refractivity contribution is 5.81. The van der Waals surface area contributed by atoms with Crippen molar-refractivity contribution in [2.45, 2.75) is 27.3 Å². The van der Waals surface area contributed by atoms with E-state index in [9.17, 15) is 0 Å². The highest BCUT2D eigenvalue weighted by atomic mass is 15.1. The van der Waals surface area contributed by atoms with Crippen molar-refractivity contribution in [3.63, 3.8) is 0 Å². The lowest BCUT2D eigenvalue weighted by Gasteiger charge is -2.20. The molecule has 0 radical (unpaired) electrons. The second-order valence-corrected chi connectivity index (χ2v) is 4.68. The molecule has 0 bridgehead atoms. The molecule has 1 N–H and O–H groups in total. The van der Waals surface area contributed by atoms with Gasteiger partial charge >= 0.3 is 0 Å². The number of pyridine rings is 1. The summed E-state index contributed by atoms with van der Waals surface area (Å²) in [6.45, 7) is 10.5. The molecule has 0 aliphatic rings. The van der Waals surface area contributed by atoms with E-state index in [0.717, 1.165) is 37.5 Å². The number of hydrogen-bond donors (Lipinski definition) is 1. The highest BCUT2D eigenvalue weighted by Gasteiger charge is 2.09. The maximum absolute atomic E-state index is 4.75. The lowest BCUT2D eigenvalue weighted by atomic mass is 10.1. The van der Waals surface area contributed by atoms with Crippen LogP contribution >= 0.6 is 0 Å². The fourth-order valence-corrected chi connectivity index (χ4v) is 2.29. The normalized spacial score (nSPS) is 11.2. The smallest absolute Gasteiger partial charge is 0.131 e. The van der Waals surface area contributed by atoms with Crippen molar-refractivity contribution in [2.24, 2.45) is 0 Å². The summed E-state index contributed by atoms with van der Waals surface area (Å²) in [7, 11) is 0. The van der Waals surface area contributed by atoms with Gasteiger partial charge in [0.05, 0.1) is 5.52 Å². The lowest BCUT2D eigenvalue weighted by Crippen LogP contribution is -2.23. The van der Waals surface area contributed by atoms with Gasteiger partial charge < -0.3 is 5.32 Å². The topological polar surface area (TPSA) is 28.2 Å². The SMILES string of the molecule is CCNc1nc2ccccc2cc1CN(CC)CC. The number of benzene rings is 1. The van der Waals surface area contributed by atoms with Gasteiger partial charge in [0.2, 0.25) is 0 Å². The van der Waals surface area contributed by atoms with Crippen molar-refractivity contribution in [3.8, 4) is 0 Å². The number of hydrogen-bond acceptors (Lipinski definition) is 3. The first-order valence-electron chi connectivity index (χ1n) is 7.13. The molecule has 2 aromatic rings. The molecule has 0 atom stereocenters. The Labute approximate surface area is 115 Å². The molecule has 0 saturated heterocycles. The molecule has 3 nitrogen and oxygen atoms in total. The van der Waals surface area contributed by atoms with Gasteiger partial charge in [-0.05, 0) is 32.1 Å². The van der Waals surface area contributed by atoms with E-state index in [1.165, 1.54) is 10.9 Å². The van der Waals surface area contributed by atoms with Crippen LogP contribution in [0.2, 0.25) is 0 Å². The second kappa shape index (κ2) is 6.53.